The summed E-state index contributed by atoms with van der Waals surface area (Å²) in [5, 5.41) is 4.43. The molecule has 0 radical (unpaired) electrons. The number of ketones is 1. The van der Waals surface area contributed by atoms with E-state index in [1.807, 2.05) is 61.5 Å². The van der Waals surface area contributed by atoms with Gasteiger partial charge >= 0.3 is 0 Å². The van der Waals surface area contributed by atoms with E-state index in [2.05, 4.69) is 5.10 Å². The maximum atomic E-state index is 12.4. The number of para-hydroxylation sites is 1. The number of nitrogens with zero attached hydrogens (tertiary/aromatic N) is 2. The molecule has 3 rings (SSSR count). The highest BCUT2D eigenvalue weighted by atomic mass is 16.5. The minimum atomic E-state index is -0.0644. The van der Waals surface area contributed by atoms with Gasteiger partial charge in [-0.2, -0.15) is 5.10 Å². The minimum Gasteiger partial charge on any atom is -0.497 e. The molecule has 4 nitrogen and oxygen atoms in total. The standard InChI is InChI=1S/C20H18N2O2/c1-15-19(14-22(21-15)17-6-4-3-5-7-17)20(23)13-10-16-8-11-18(24-2)12-9-16/h3-14H,1-2H3. The average molecular weight is 318 g/mol. The summed E-state index contributed by atoms with van der Waals surface area (Å²) in [4.78, 5) is 12.4. The Balaban J connectivity index is 1.79. The molecule has 0 unspecified atom stereocenters. The second-order valence-corrected chi connectivity index (χ2v) is 5.38. The van der Waals surface area contributed by atoms with E-state index in [4.69, 9.17) is 4.74 Å². The van der Waals surface area contributed by atoms with Gasteiger partial charge < -0.3 is 4.74 Å². The Hall–Kier alpha value is -3.14. The van der Waals surface area contributed by atoms with Crippen LogP contribution in [-0.4, -0.2) is 22.7 Å². The first-order valence-corrected chi connectivity index (χ1v) is 7.65. The lowest BCUT2D eigenvalue weighted by Crippen LogP contribution is -1.95. The van der Waals surface area contributed by atoms with Crippen LogP contribution in [0.5, 0.6) is 5.75 Å². The van der Waals surface area contributed by atoms with Gasteiger partial charge in [-0.1, -0.05) is 36.4 Å². The average Bonchev–Trinajstić information content (AvgIpc) is 3.03. The van der Waals surface area contributed by atoms with E-state index in [-0.39, 0.29) is 5.78 Å². The first-order chi connectivity index (χ1) is 11.7. The predicted octanol–water partition coefficient (Wildman–Crippen LogP) is 4.09. The zero-order valence-corrected chi connectivity index (χ0v) is 13.6. The molecule has 120 valence electrons. The molecule has 0 atom stereocenters. The molecule has 0 aliphatic heterocycles. The van der Waals surface area contributed by atoms with Gasteiger partial charge in [0.25, 0.3) is 0 Å². The number of rotatable bonds is 5. The highest BCUT2D eigenvalue weighted by Crippen LogP contribution is 2.15. The van der Waals surface area contributed by atoms with Crippen LogP contribution in [0.3, 0.4) is 0 Å². The first-order valence-electron chi connectivity index (χ1n) is 7.65. The van der Waals surface area contributed by atoms with Crippen LogP contribution >= 0.6 is 0 Å². The fourth-order valence-corrected chi connectivity index (χ4v) is 2.39. The zero-order chi connectivity index (χ0) is 16.9. The normalized spacial score (nSPS) is 10.9. The number of methoxy groups -OCH3 is 1. The van der Waals surface area contributed by atoms with Crippen molar-refractivity contribution in [2.45, 2.75) is 6.92 Å². The highest BCUT2D eigenvalue weighted by Gasteiger charge is 2.11. The van der Waals surface area contributed by atoms with Crippen LogP contribution in [0.2, 0.25) is 0 Å². The predicted molar refractivity (Wildman–Crippen MR) is 94.7 cm³/mol. The summed E-state index contributed by atoms with van der Waals surface area (Å²) in [6.45, 7) is 1.84. The van der Waals surface area contributed by atoms with Crippen molar-refractivity contribution in [3.63, 3.8) is 0 Å². The van der Waals surface area contributed by atoms with Gasteiger partial charge in [-0.15, -0.1) is 0 Å². The second-order valence-electron chi connectivity index (χ2n) is 5.38. The molecule has 0 saturated carbocycles. The van der Waals surface area contributed by atoms with Gasteiger partial charge in [-0.3, -0.25) is 4.79 Å². The summed E-state index contributed by atoms with van der Waals surface area (Å²) in [6, 6.07) is 17.3. The Bertz CT molecular complexity index is 862. The van der Waals surface area contributed by atoms with Gasteiger partial charge in [0, 0.05) is 6.20 Å². The van der Waals surface area contributed by atoms with Crippen molar-refractivity contribution in [1.29, 1.82) is 0 Å². The molecular formula is C20H18N2O2. The van der Waals surface area contributed by atoms with Gasteiger partial charge in [0.15, 0.2) is 5.78 Å². The maximum absolute atomic E-state index is 12.4. The largest absolute Gasteiger partial charge is 0.497 e. The van der Waals surface area contributed by atoms with E-state index < -0.39 is 0 Å². The summed E-state index contributed by atoms with van der Waals surface area (Å²) in [6.07, 6.45) is 5.13. The maximum Gasteiger partial charge on any atom is 0.189 e. The van der Waals surface area contributed by atoms with Crippen molar-refractivity contribution in [1.82, 2.24) is 9.78 Å². The van der Waals surface area contributed by atoms with Gasteiger partial charge in [0.05, 0.1) is 24.1 Å². The molecule has 0 aliphatic carbocycles. The van der Waals surface area contributed by atoms with Crippen molar-refractivity contribution >= 4 is 11.9 Å². The molecule has 0 aliphatic rings. The Labute approximate surface area is 141 Å². The van der Waals surface area contributed by atoms with Crippen LogP contribution in [0.15, 0.2) is 66.9 Å². The van der Waals surface area contributed by atoms with E-state index in [1.165, 1.54) is 0 Å². The van der Waals surface area contributed by atoms with Crippen molar-refractivity contribution in [2.24, 2.45) is 0 Å². The lowest BCUT2D eigenvalue weighted by Gasteiger charge is -1.99. The molecule has 0 bridgehead atoms. The molecule has 3 aromatic rings. The third-order valence-corrected chi connectivity index (χ3v) is 3.73. The van der Waals surface area contributed by atoms with E-state index in [9.17, 15) is 4.79 Å². The number of hydrogen-bond acceptors (Lipinski definition) is 3. The van der Waals surface area contributed by atoms with Crippen molar-refractivity contribution in [3.05, 3.63) is 83.7 Å². The summed E-state index contributed by atoms with van der Waals surface area (Å²) in [7, 11) is 1.63. The highest BCUT2D eigenvalue weighted by molar-refractivity contribution is 6.07. The fourth-order valence-electron chi connectivity index (χ4n) is 2.39. The topological polar surface area (TPSA) is 44.1 Å². The molecule has 2 aromatic carbocycles. The summed E-state index contributed by atoms with van der Waals surface area (Å²) in [5.74, 6) is 0.726. The van der Waals surface area contributed by atoms with Crippen molar-refractivity contribution in [2.75, 3.05) is 7.11 Å². The molecule has 0 amide bonds. The quantitative estimate of drug-likeness (QED) is 0.526. The van der Waals surface area contributed by atoms with Crippen LogP contribution in [0, 0.1) is 6.92 Å². The number of hydrogen-bond donors (Lipinski definition) is 0. The number of benzene rings is 2. The third kappa shape index (κ3) is 3.43. The molecule has 0 saturated heterocycles. The number of carbonyl (C=O) groups excluding carboxylic acids is 1. The summed E-state index contributed by atoms with van der Waals surface area (Å²) >= 11 is 0. The van der Waals surface area contributed by atoms with E-state index in [0.29, 0.717) is 11.3 Å². The van der Waals surface area contributed by atoms with Crippen LogP contribution in [0.4, 0.5) is 0 Å². The molecule has 4 heteroatoms. The van der Waals surface area contributed by atoms with Gasteiger partial charge in [-0.25, -0.2) is 4.68 Å². The molecule has 0 spiro atoms. The number of aromatic nitrogens is 2. The fraction of sp³-hybridized carbons (Fsp3) is 0.100. The third-order valence-electron chi connectivity index (χ3n) is 3.73. The van der Waals surface area contributed by atoms with Crippen molar-refractivity contribution < 1.29 is 9.53 Å². The van der Waals surface area contributed by atoms with Crippen LogP contribution in [0.25, 0.3) is 11.8 Å². The Morgan fingerprint density at radius 2 is 1.79 bits per heavy atom. The van der Waals surface area contributed by atoms with Crippen LogP contribution in [0.1, 0.15) is 21.6 Å². The molecule has 0 N–H and O–H groups in total. The second kappa shape index (κ2) is 6.96. The monoisotopic (exact) mass is 318 g/mol. The lowest BCUT2D eigenvalue weighted by molar-refractivity contribution is 0.104. The Morgan fingerprint density at radius 3 is 2.46 bits per heavy atom. The van der Waals surface area contributed by atoms with E-state index in [0.717, 1.165) is 17.0 Å². The van der Waals surface area contributed by atoms with Gasteiger partial charge in [-0.05, 0) is 42.8 Å². The number of ether oxygens (including phenoxy) is 1. The number of aryl methyl sites for hydroxylation is 1. The van der Waals surface area contributed by atoms with Crippen molar-refractivity contribution in [3.8, 4) is 11.4 Å². The number of allylic oxidation sites excluding steroid dienone is 1. The van der Waals surface area contributed by atoms with E-state index >= 15 is 0 Å². The van der Waals surface area contributed by atoms with Gasteiger partial charge in [0.1, 0.15) is 5.75 Å². The smallest absolute Gasteiger partial charge is 0.189 e. The zero-order valence-electron chi connectivity index (χ0n) is 13.6. The molecule has 24 heavy (non-hydrogen) atoms. The van der Waals surface area contributed by atoms with Gasteiger partial charge in [0.2, 0.25) is 0 Å². The molecule has 1 heterocycles. The summed E-state index contributed by atoms with van der Waals surface area (Å²) in [5.41, 5.74) is 3.18. The molecule has 1 aromatic heterocycles. The Kier molecular flexibility index (Phi) is 4.57. The Morgan fingerprint density at radius 1 is 1.08 bits per heavy atom. The van der Waals surface area contributed by atoms with E-state index in [1.54, 1.807) is 30.1 Å². The van der Waals surface area contributed by atoms with Crippen LogP contribution in [-0.2, 0) is 0 Å². The molecular weight excluding hydrogens is 300 g/mol. The summed E-state index contributed by atoms with van der Waals surface area (Å²) < 4.78 is 6.85. The molecule has 0 fully saturated rings. The first kappa shape index (κ1) is 15.7. The SMILES string of the molecule is COc1ccc(C=CC(=O)c2cn(-c3ccccc3)nc2C)cc1. The lowest BCUT2D eigenvalue weighted by atomic mass is 10.1. The van der Waals surface area contributed by atoms with Crippen LogP contribution < -0.4 is 4.74 Å². The minimum absolute atomic E-state index is 0.0644. The number of carbonyl (C=O) groups is 1.